The van der Waals surface area contributed by atoms with Crippen molar-refractivity contribution in [3.8, 4) is 0 Å². The summed E-state index contributed by atoms with van der Waals surface area (Å²) in [6.07, 6.45) is 2.06. The molecule has 1 aromatic carbocycles. The number of benzene rings is 1. The van der Waals surface area contributed by atoms with E-state index in [2.05, 4.69) is 4.72 Å². The van der Waals surface area contributed by atoms with Crippen molar-refractivity contribution in [2.75, 3.05) is 0 Å². The van der Waals surface area contributed by atoms with Crippen LogP contribution in [0.15, 0.2) is 40.6 Å². The molecule has 3 nitrogen and oxygen atoms in total. The Balaban J connectivity index is 1.95. The Kier molecular flexibility index (Phi) is 4.30. The quantitative estimate of drug-likeness (QED) is 0.852. The minimum atomic E-state index is -3.76. The molecular formula is C14H13Cl2NO2S2. The normalized spacial score (nSPS) is 16.9. The van der Waals surface area contributed by atoms with E-state index < -0.39 is 10.0 Å². The largest absolute Gasteiger partial charge is 0.244 e. The summed E-state index contributed by atoms with van der Waals surface area (Å²) >= 11 is 13.6. The molecule has 1 N–H and O–H groups in total. The Morgan fingerprint density at radius 1 is 1.14 bits per heavy atom. The van der Waals surface area contributed by atoms with E-state index in [4.69, 9.17) is 23.2 Å². The van der Waals surface area contributed by atoms with E-state index in [1.54, 1.807) is 17.4 Å². The summed E-state index contributed by atoms with van der Waals surface area (Å²) in [5, 5.41) is 2.22. The van der Waals surface area contributed by atoms with E-state index in [1.165, 1.54) is 12.1 Å². The third-order valence-corrected chi connectivity index (χ3v) is 6.76. The van der Waals surface area contributed by atoms with Gasteiger partial charge in [0.05, 0.1) is 16.1 Å². The van der Waals surface area contributed by atoms with Gasteiger partial charge in [0.2, 0.25) is 10.0 Å². The van der Waals surface area contributed by atoms with E-state index in [0.29, 0.717) is 5.92 Å². The summed E-state index contributed by atoms with van der Waals surface area (Å²) in [6, 6.07) is 8.35. The van der Waals surface area contributed by atoms with Gasteiger partial charge in [-0.05, 0) is 42.3 Å². The van der Waals surface area contributed by atoms with Gasteiger partial charge in [0, 0.05) is 4.88 Å². The maximum atomic E-state index is 12.6. The molecule has 1 aromatic heterocycles. The molecule has 7 heteroatoms. The summed E-state index contributed by atoms with van der Waals surface area (Å²) < 4.78 is 28.0. The minimum absolute atomic E-state index is 0.0458. The van der Waals surface area contributed by atoms with Crippen LogP contribution in [0.1, 0.15) is 23.8 Å². The topological polar surface area (TPSA) is 46.2 Å². The van der Waals surface area contributed by atoms with Crippen LogP contribution < -0.4 is 4.72 Å². The van der Waals surface area contributed by atoms with E-state index in [-0.39, 0.29) is 21.0 Å². The van der Waals surface area contributed by atoms with Crippen LogP contribution in [-0.2, 0) is 10.0 Å². The van der Waals surface area contributed by atoms with Gasteiger partial charge in [0.25, 0.3) is 0 Å². The van der Waals surface area contributed by atoms with Crippen molar-refractivity contribution in [3.05, 3.63) is 50.6 Å². The van der Waals surface area contributed by atoms with Gasteiger partial charge in [-0.25, -0.2) is 13.1 Å². The molecule has 1 heterocycles. The SMILES string of the molecule is O=S(=O)(N[C@@H](c1cccs1)C1CC1)c1c(Cl)cccc1Cl. The summed E-state index contributed by atoms with van der Waals surface area (Å²) in [4.78, 5) is 0.972. The molecule has 112 valence electrons. The number of hydrogen-bond donors (Lipinski definition) is 1. The fourth-order valence-corrected chi connectivity index (χ4v) is 5.62. The lowest BCUT2D eigenvalue weighted by Crippen LogP contribution is -2.30. The van der Waals surface area contributed by atoms with E-state index >= 15 is 0 Å². The number of thiophene rings is 1. The highest BCUT2D eigenvalue weighted by atomic mass is 35.5. The van der Waals surface area contributed by atoms with Crippen molar-refractivity contribution in [2.45, 2.75) is 23.8 Å². The maximum Gasteiger partial charge on any atom is 0.244 e. The van der Waals surface area contributed by atoms with Crippen LogP contribution in [-0.4, -0.2) is 8.42 Å². The number of halogens is 2. The molecule has 21 heavy (non-hydrogen) atoms. The Hall–Kier alpha value is -0.590. The second kappa shape index (κ2) is 5.89. The molecule has 1 aliphatic rings. The fraction of sp³-hybridized carbons (Fsp3) is 0.286. The molecular weight excluding hydrogens is 349 g/mol. The third kappa shape index (κ3) is 3.27. The standard InChI is InChI=1S/C14H13Cl2NO2S2/c15-10-3-1-4-11(16)14(10)21(18,19)17-13(9-6-7-9)12-5-2-8-20-12/h1-5,8-9,13,17H,6-7H2/t13-/m1/s1. The van der Waals surface area contributed by atoms with E-state index in [1.807, 2.05) is 17.5 Å². The zero-order chi connectivity index (χ0) is 15.0. The van der Waals surface area contributed by atoms with Crippen LogP contribution in [0.3, 0.4) is 0 Å². The van der Waals surface area contributed by atoms with Crippen molar-refractivity contribution in [1.82, 2.24) is 4.72 Å². The second-order valence-electron chi connectivity index (χ2n) is 5.00. The van der Waals surface area contributed by atoms with Crippen LogP contribution in [0.25, 0.3) is 0 Å². The zero-order valence-electron chi connectivity index (χ0n) is 10.9. The van der Waals surface area contributed by atoms with Gasteiger partial charge in [0.1, 0.15) is 4.90 Å². The molecule has 0 unspecified atom stereocenters. The van der Waals surface area contributed by atoms with Crippen molar-refractivity contribution in [1.29, 1.82) is 0 Å². The Morgan fingerprint density at radius 3 is 2.33 bits per heavy atom. The predicted octanol–water partition coefficient (Wildman–Crippen LogP) is 4.48. The Bertz CT molecular complexity index is 720. The van der Waals surface area contributed by atoms with Crippen LogP contribution in [0.2, 0.25) is 10.0 Å². The van der Waals surface area contributed by atoms with Gasteiger partial charge < -0.3 is 0 Å². The van der Waals surface area contributed by atoms with Gasteiger partial charge in [-0.2, -0.15) is 0 Å². The Labute approximate surface area is 137 Å². The van der Waals surface area contributed by atoms with Crippen molar-refractivity contribution in [3.63, 3.8) is 0 Å². The molecule has 1 fully saturated rings. The number of sulfonamides is 1. The first-order valence-electron chi connectivity index (χ1n) is 6.49. The first kappa shape index (κ1) is 15.3. The van der Waals surface area contributed by atoms with Gasteiger partial charge in [0.15, 0.2) is 0 Å². The molecule has 3 rings (SSSR count). The van der Waals surface area contributed by atoms with Crippen molar-refractivity contribution in [2.24, 2.45) is 5.92 Å². The maximum absolute atomic E-state index is 12.6. The molecule has 0 spiro atoms. The minimum Gasteiger partial charge on any atom is -0.207 e. The fourth-order valence-electron chi connectivity index (χ4n) is 2.25. The van der Waals surface area contributed by atoms with Gasteiger partial charge in [-0.3, -0.25) is 0 Å². The first-order valence-corrected chi connectivity index (χ1v) is 9.60. The van der Waals surface area contributed by atoms with Crippen LogP contribution in [0, 0.1) is 5.92 Å². The highest BCUT2D eigenvalue weighted by Gasteiger charge is 2.37. The van der Waals surface area contributed by atoms with Crippen molar-refractivity contribution >= 4 is 44.6 Å². The van der Waals surface area contributed by atoms with Gasteiger partial charge in [-0.15, -0.1) is 11.3 Å². The summed E-state index contributed by atoms with van der Waals surface area (Å²) in [7, 11) is -3.76. The Morgan fingerprint density at radius 2 is 1.81 bits per heavy atom. The summed E-state index contributed by atoms with van der Waals surface area (Å²) in [5.74, 6) is 0.347. The van der Waals surface area contributed by atoms with Crippen LogP contribution in [0.4, 0.5) is 0 Å². The smallest absolute Gasteiger partial charge is 0.207 e. The molecule has 1 aliphatic carbocycles. The van der Waals surface area contributed by atoms with E-state index in [0.717, 1.165) is 17.7 Å². The molecule has 2 aromatic rings. The lowest BCUT2D eigenvalue weighted by atomic mass is 10.2. The summed E-state index contributed by atoms with van der Waals surface area (Å²) in [6.45, 7) is 0. The van der Waals surface area contributed by atoms with Gasteiger partial charge in [-0.1, -0.05) is 35.3 Å². The molecule has 1 saturated carbocycles. The molecule has 0 aliphatic heterocycles. The monoisotopic (exact) mass is 361 g/mol. The highest BCUT2D eigenvalue weighted by Crippen LogP contribution is 2.43. The van der Waals surface area contributed by atoms with Gasteiger partial charge >= 0.3 is 0 Å². The molecule has 0 amide bonds. The lowest BCUT2D eigenvalue weighted by Gasteiger charge is -2.18. The van der Waals surface area contributed by atoms with E-state index in [9.17, 15) is 8.42 Å². The highest BCUT2D eigenvalue weighted by molar-refractivity contribution is 7.89. The molecule has 0 bridgehead atoms. The molecule has 1 atom stereocenters. The first-order chi connectivity index (χ1) is 9.99. The summed E-state index contributed by atoms with van der Waals surface area (Å²) in [5.41, 5.74) is 0. The molecule has 0 radical (unpaired) electrons. The predicted molar refractivity (Wildman–Crippen MR) is 86.6 cm³/mol. The lowest BCUT2D eigenvalue weighted by molar-refractivity contribution is 0.534. The molecule has 0 saturated heterocycles. The third-order valence-electron chi connectivity index (χ3n) is 3.41. The van der Waals surface area contributed by atoms with Crippen molar-refractivity contribution < 1.29 is 8.42 Å². The van der Waals surface area contributed by atoms with Crippen LogP contribution >= 0.6 is 34.5 Å². The second-order valence-corrected chi connectivity index (χ2v) is 8.45. The number of rotatable bonds is 5. The zero-order valence-corrected chi connectivity index (χ0v) is 14.1. The van der Waals surface area contributed by atoms with Crippen LogP contribution in [0.5, 0.6) is 0 Å². The number of nitrogens with one attached hydrogen (secondary N) is 1. The number of hydrogen-bond acceptors (Lipinski definition) is 3. The average molecular weight is 362 g/mol. The average Bonchev–Trinajstić information content (AvgIpc) is 3.10.